The molecule has 0 saturated heterocycles. The first kappa shape index (κ1) is 22.4. The van der Waals surface area contributed by atoms with Crippen LogP contribution in [0.3, 0.4) is 0 Å². The highest BCUT2D eigenvalue weighted by atomic mass is 127. The molecule has 2 heterocycles. The first-order valence-electron chi connectivity index (χ1n) is 9.51. The van der Waals surface area contributed by atoms with Crippen LogP contribution in [0.2, 0.25) is 0 Å². The van der Waals surface area contributed by atoms with Gasteiger partial charge in [0.15, 0.2) is 0 Å². The molecule has 0 radical (unpaired) electrons. The number of phenols is 1. The highest BCUT2D eigenvalue weighted by molar-refractivity contribution is 14.1. The monoisotopic (exact) mass is 614 g/mol. The van der Waals surface area contributed by atoms with Gasteiger partial charge in [-0.15, -0.1) is 0 Å². The molecule has 2 N–H and O–H groups in total. The number of benzene rings is 1. The molecule has 3 aromatic rings. The number of rotatable bonds is 10. The second-order valence-corrected chi connectivity index (χ2v) is 9.19. The van der Waals surface area contributed by atoms with E-state index >= 15 is 0 Å². The van der Waals surface area contributed by atoms with Crippen molar-refractivity contribution >= 4 is 45.2 Å². The Labute approximate surface area is 199 Å². The summed E-state index contributed by atoms with van der Waals surface area (Å²) < 4.78 is 2.03. The van der Waals surface area contributed by atoms with Crippen molar-refractivity contribution in [1.29, 1.82) is 0 Å². The molecule has 0 atom stereocenters. The average Bonchev–Trinajstić information content (AvgIpc) is 2.72. The molecule has 0 fully saturated rings. The summed E-state index contributed by atoms with van der Waals surface area (Å²) in [4.78, 5) is 11.3. The van der Waals surface area contributed by atoms with Crippen molar-refractivity contribution in [2.45, 2.75) is 26.1 Å². The van der Waals surface area contributed by atoms with E-state index in [0.717, 1.165) is 56.7 Å². The topological polar surface area (TPSA) is 61.3 Å². The summed E-state index contributed by atoms with van der Waals surface area (Å²) in [7, 11) is 0. The zero-order valence-electron chi connectivity index (χ0n) is 16.1. The summed E-state index contributed by atoms with van der Waals surface area (Å²) in [6, 6.07) is 16.1. The van der Waals surface area contributed by atoms with Crippen molar-refractivity contribution in [1.82, 2.24) is 20.2 Å². The zero-order chi connectivity index (χ0) is 20.5. The number of pyridine rings is 2. The van der Waals surface area contributed by atoms with Crippen molar-refractivity contribution in [3.05, 3.63) is 85.0 Å². The Bertz CT molecular complexity index is 853. The lowest BCUT2D eigenvalue weighted by Gasteiger charge is -2.21. The van der Waals surface area contributed by atoms with Crippen molar-refractivity contribution in [3.63, 3.8) is 0 Å². The smallest absolute Gasteiger partial charge is 0.133 e. The minimum absolute atomic E-state index is 0.380. The third-order valence-electron chi connectivity index (χ3n) is 4.47. The molecule has 1 aromatic carbocycles. The highest BCUT2D eigenvalue weighted by Crippen LogP contribution is 2.26. The van der Waals surface area contributed by atoms with E-state index in [2.05, 4.69) is 77.5 Å². The van der Waals surface area contributed by atoms with Gasteiger partial charge in [0.2, 0.25) is 0 Å². The lowest BCUT2D eigenvalue weighted by molar-refractivity contribution is 0.246. The maximum atomic E-state index is 10.2. The van der Waals surface area contributed by atoms with Gasteiger partial charge in [-0.1, -0.05) is 12.1 Å². The van der Waals surface area contributed by atoms with E-state index in [9.17, 15) is 5.11 Å². The number of hydrogen-bond acceptors (Lipinski definition) is 5. The van der Waals surface area contributed by atoms with Crippen LogP contribution in [-0.2, 0) is 19.6 Å². The van der Waals surface area contributed by atoms with Gasteiger partial charge in [0, 0.05) is 47.7 Å². The summed E-state index contributed by atoms with van der Waals surface area (Å²) in [6.45, 7) is 4.08. The Morgan fingerprint density at radius 1 is 0.931 bits per heavy atom. The van der Waals surface area contributed by atoms with Crippen molar-refractivity contribution < 1.29 is 5.11 Å². The van der Waals surface area contributed by atoms with Gasteiger partial charge in [0.05, 0.1) is 15.0 Å². The molecule has 5 nitrogen and oxygen atoms in total. The van der Waals surface area contributed by atoms with Crippen LogP contribution in [0.1, 0.15) is 23.4 Å². The van der Waals surface area contributed by atoms with Crippen molar-refractivity contribution in [2.75, 3.05) is 13.1 Å². The van der Waals surface area contributed by atoms with Gasteiger partial charge in [-0.05, 0) is 94.5 Å². The molecule has 0 saturated carbocycles. The minimum Gasteiger partial charge on any atom is -0.507 e. The second-order valence-electron chi connectivity index (χ2n) is 6.78. The predicted molar refractivity (Wildman–Crippen MR) is 132 cm³/mol. The normalized spacial score (nSPS) is 11.1. The molecule has 7 heteroatoms. The minimum atomic E-state index is 0.380. The van der Waals surface area contributed by atoms with E-state index in [1.165, 1.54) is 0 Å². The molecule has 2 aromatic heterocycles. The molecule has 0 unspecified atom stereocenters. The lowest BCUT2D eigenvalue weighted by atomic mass is 10.2. The number of phenolic OH excluding ortho intramolecular Hbond substituents is 1. The van der Waals surface area contributed by atoms with Crippen LogP contribution < -0.4 is 5.32 Å². The van der Waals surface area contributed by atoms with Crippen LogP contribution in [-0.4, -0.2) is 33.1 Å². The maximum Gasteiger partial charge on any atom is 0.133 e. The maximum absolute atomic E-state index is 10.2. The zero-order valence-corrected chi connectivity index (χ0v) is 20.4. The molecule has 0 aliphatic heterocycles. The Balaban J connectivity index is 1.51. The third kappa shape index (κ3) is 7.47. The predicted octanol–water partition coefficient (Wildman–Crippen LogP) is 4.57. The number of aromatic hydroxyl groups is 1. The van der Waals surface area contributed by atoms with Gasteiger partial charge in [-0.3, -0.25) is 14.9 Å². The van der Waals surface area contributed by atoms with E-state index in [0.29, 0.717) is 12.3 Å². The van der Waals surface area contributed by atoms with E-state index in [4.69, 9.17) is 0 Å². The fraction of sp³-hybridized carbons (Fsp3) is 0.273. The van der Waals surface area contributed by atoms with Crippen LogP contribution in [0.25, 0.3) is 0 Å². The summed E-state index contributed by atoms with van der Waals surface area (Å²) in [6.07, 6.45) is 4.68. The summed E-state index contributed by atoms with van der Waals surface area (Å²) in [5.41, 5.74) is 3.07. The SMILES string of the molecule is Oc1c(I)cc(I)cc1CNCCCN(Cc1ccccn1)Cc1ccccn1. The van der Waals surface area contributed by atoms with Crippen molar-refractivity contribution in [3.8, 4) is 5.75 Å². The quantitative estimate of drug-likeness (QED) is 0.259. The third-order valence-corrected chi connectivity index (χ3v) is 5.92. The summed E-state index contributed by atoms with van der Waals surface area (Å²) in [5.74, 6) is 0.380. The molecule has 3 rings (SSSR count). The number of nitrogens with zero attached hydrogens (tertiary/aromatic N) is 3. The van der Waals surface area contributed by atoms with E-state index < -0.39 is 0 Å². The van der Waals surface area contributed by atoms with Gasteiger partial charge in [0.1, 0.15) is 5.75 Å². The average molecular weight is 614 g/mol. The fourth-order valence-electron chi connectivity index (χ4n) is 3.06. The summed E-state index contributed by atoms with van der Waals surface area (Å²) in [5, 5.41) is 13.7. The van der Waals surface area contributed by atoms with Gasteiger partial charge >= 0.3 is 0 Å². The number of halogens is 2. The van der Waals surface area contributed by atoms with E-state index in [1.54, 1.807) is 0 Å². The largest absolute Gasteiger partial charge is 0.507 e. The molecule has 152 valence electrons. The molecule has 0 bridgehead atoms. The van der Waals surface area contributed by atoms with Gasteiger partial charge in [-0.25, -0.2) is 0 Å². The fourth-order valence-corrected chi connectivity index (χ4v) is 5.03. The molecular formula is C22H24I2N4O. The number of aromatic nitrogens is 2. The van der Waals surface area contributed by atoms with Gasteiger partial charge < -0.3 is 10.4 Å². The molecule has 0 amide bonds. The molecule has 29 heavy (non-hydrogen) atoms. The van der Waals surface area contributed by atoms with Crippen LogP contribution in [0.15, 0.2) is 60.9 Å². The molecule has 0 aliphatic rings. The first-order chi connectivity index (χ1) is 14.1. The Hall–Kier alpha value is -1.30. The number of nitrogens with one attached hydrogen (secondary N) is 1. The molecule has 0 spiro atoms. The van der Waals surface area contributed by atoms with E-state index in [-0.39, 0.29) is 0 Å². The Morgan fingerprint density at radius 3 is 2.17 bits per heavy atom. The molecule has 0 aliphatic carbocycles. The van der Waals surface area contributed by atoms with Crippen LogP contribution in [0.4, 0.5) is 0 Å². The number of hydrogen-bond donors (Lipinski definition) is 2. The standard InChI is InChI=1S/C22H24I2N4O/c23-18-12-17(22(29)21(24)13-18)14-25-8-5-11-28(15-19-6-1-3-9-26-19)16-20-7-2-4-10-27-20/h1-4,6-7,9-10,12-13,25,29H,5,8,11,14-16H2. The second kappa shape index (κ2) is 11.8. The van der Waals surface area contributed by atoms with Gasteiger partial charge in [0.25, 0.3) is 0 Å². The first-order valence-corrected chi connectivity index (χ1v) is 11.7. The van der Waals surface area contributed by atoms with Crippen LogP contribution in [0.5, 0.6) is 5.75 Å². The Kier molecular flexibility index (Phi) is 9.09. The van der Waals surface area contributed by atoms with Gasteiger partial charge in [-0.2, -0.15) is 0 Å². The van der Waals surface area contributed by atoms with Crippen LogP contribution >= 0.6 is 45.2 Å². The summed E-state index contributed by atoms with van der Waals surface area (Å²) >= 11 is 4.46. The van der Waals surface area contributed by atoms with E-state index in [1.807, 2.05) is 48.8 Å². The highest BCUT2D eigenvalue weighted by Gasteiger charge is 2.10. The van der Waals surface area contributed by atoms with Crippen LogP contribution in [0, 0.1) is 7.14 Å². The van der Waals surface area contributed by atoms with Crippen molar-refractivity contribution in [2.24, 2.45) is 0 Å². The lowest BCUT2D eigenvalue weighted by Crippen LogP contribution is -2.27. The Morgan fingerprint density at radius 2 is 1.59 bits per heavy atom. The molecular weight excluding hydrogens is 590 g/mol.